The van der Waals surface area contributed by atoms with Gasteiger partial charge in [-0.15, -0.1) is 11.3 Å². The number of carbonyl (C=O) groups is 1. The van der Waals surface area contributed by atoms with Crippen LogP contribution < -0.4 is 10.1 Å². The van der Waals surface area contributed by atoms with E-state index < -0.39 is 0 Å². The average molecular weight is 440 g/mol. The quantitative estimate of drug-likeness (QED) is 0.558. The van der Waals surface area contributed by atoms with Crippen LogP contribution in [0.15, 0.2) is 36.5 Å². The van der Waals surface area contributed by atoms with Crippen LogP contribution in [0, 0.1) is 5.92 Å². The Balaban J connectivity index is 1.56. The van der Waals surface area contributed by atoms with Gasteiger partial charge in [-0.05, 0) is 55.2 Å². The second-order valence-electron chi connectivity index (χ2n) is 7.53. The SMILES string of the molecule is C=S(=C)=CC1CCC(c2nc3cc(OC)c(NC(=O)c4ccccn4)cc3s2)CC1. The predicted molar refractivity (Wildman–Crippen MR) is 131 cm³/mol. The van der Waals surface area contributed by atoms with E-state index in [9.17, 15) is 4.79 Å². The molecule has 5 nitrogen and oxygen atoms in total. The summed E-state index contributed by atoms with van der Waals surface area (Å²) in [6.45, 7) is 0. The molecule has 1 amide bonds. The number of carbonyl (C=O) groups excluding carboxylic acids is 1. The molecule has 0 saturated heterocycles. The molecular formula is C23H25N3O2S2. The lowest BCUT2D eigenvalue weighted by Crippen LogP contribution is -2.14. The highest BCUT2D eigenvalue weighted by Gasteiger charge is 2.24. The summed E-state index contributed by atoms with van der Waals surface area (Å²) in [6, 6.07) is 9.11. The number of ether oxygens (including phenoxy) is 1. The van der Waals surface area contributed by atoms with Crippen molar-refractivity contribution in [2.75, 3.05) is 12.4 Å². The van der Waals surface area contributed by atoms with Gasteiger partial charge in [0.1, 0.15) is 11.4 Å². The highest BCUT2D eigenvalue weighted by Crippen LogP contribution is 2.40. The molecule has 0 aliphatic heterocycles. The number of thiazole rings is 1. The van der Waals surface area contributed by atoms with Crippen LogP contribution in [-0.4, -0.2) is 40.1 Å². The lowest BCUT2D eigenvalue weighted by Gasteiger charge is -2.24. The Hall–Kier alpha value is -2.64. The molecule has 2 heterocycles. The van der Waals surface area contributed by atoms with Crippen LogP contribution in [0.3, 0.4) is 0 Å². The van der Waals surface area contributed by atoms with Crippen molar-refractivity contribution in [2.45, 2.75) is 31.6 Å². The molecule has 0 bridgehead atoms. The van der Waals surface area contributed by atoms with Crippen LogP contribution in [0.25, 0.3) is 10.2 Å². The third-order valence-corrected chi connectivity index (χ3v) is 7.33. The maximum absolute atomic E-state index is 12.5. The van der Waals surface area contributed by atoms with Crippen molar-refractivity contribution in [1.82, 2.24) is 9.97 Å². The molecule has 1 aromatic carbocycles. The van der Waals surface area contributed by atoms with Gasteiger partial charge in [0.25, 0.3) is 5.91 Å². The number of nitrogens with zero attached hydrogens (tertiary/aromatic N) is 2. The molecule has 156 valence electrons. The molecule has 0 radical (unpaired) electrons. The van der Waals surface area contributed by atoms with Gasteiger partial charge < -0.3 is 10.1 Å². The first-order chi connectivity index (χ1) is 14.5. The normalized spacial score (nSPS) is 18.7. The minimum Gasteiger partial charge on any atom is -0.494 e. The molecule has 2 aromatic heterocycles. The van der Waals surface area contributed by atoms with E-state index >= 15 is 0 Å². The van der Waals surface area contributed by atoms with E-state index in [4.69, 9.17) is 9.72 Å². The topological polar surface area (TPSA) is 64.1 Å². The lowest BCUT2D eigenvalue weighted by atomic mass is 9.83. The van der Waals surface area contributed by atoms with Gasteiger partial charge in [0, 0.05) is 18.2 Å². The van der Waals surface area contributed by atoms with Gasteiger partial charge in [0.05, 0.1) is 28.0 Å². The highest BCUT2D eigenvalue weighted by atomic mass is 32.1. The van der Waals surface area contributed by atoms with E-state index in [0.717, 1.165) is 23.1 Å². The number of hydrogen-bond acceptors (Lipinski definition) is 5. The van der Waals surface area contributed by atoms with Crippen LogP contribution in [0.4, 0.5) is 5.69 Å². The van der Waals surface area contributed by atoms with Crippen LogP contribution in [0.5, 0.6) is 5.75 Å². The van der Waals surface area contributed by atoms with Gasteiger partial charge in [0.15, 0.2) is 0 Å². The number of anilines is 1. The molecule has 30 heavy (non-hydrogen) atoms. The number of methoxy groups -OCH3 is 1. The van der Waals surface area contributed by atoms with Crippen LogP contribution in [-0.2, 0) is 0 Å². The number of nitrogens with one attached hydrogen (secondary N) is 1. The fourth-order valence-corrected chi connectivity index (χ4v) is 5.85. The number of pyridine rings is 1. The molecule has 0 spiro atoms. The van der Waals surface area contributed by atoms with Crippen molar-refractivity contribution in [3.05, 3.63) is 47.2 Å². The standard InChI is InChI=1S/C23H25N3O2S2/c1-28-20-12-19-21(13-18(20)25-22(27)17-6-4-5-11-24-17)29-23(26-19)16-9-7-15(8-10-16)14-30(2)3/h4-6,11-16H,2-3,7-10H2,1H3,(H,25,27). The van der Waals surface area contributed by atoms with E-state index in [2.05, 4.69) is 27.4 Å². The molecule has 0 unspecified atom stereocenters. The number of rotatable bonds is 5. The molecule has 4 rings (SSSR count). The largest absolute Gasteiger partial charge is 0.494 e. The first kappa shape index (κ1) is 20.6. The summed E-state index contributed by atoms with van der Waals surface area (Å²) in [5.41, 5.74) is 1.91. The maximum atomic E-state index is 12.5. The third kappa shape index (κ3) is 4.57. The van der Waals surface area contributed by atoms with Crippen LogP contribution >= 0.6 is 21.0 Å². The van der Waals surface area contributed by atoms with Crippen molar-refractivity contribution in [2.24, 2.45) is 5.92 Å². The van der Waals surface area contributed by atoms with Crippen molar-refractivity contribution < 1.29 is 9.53 Å². The predicted octanol–water partition coefficient (Wildman–Crippen LogP) is 5.16. The minimum atomic E-state index is -0.262. The fourth-order valence-electron chi connectivity index (χ4n) is 3.87. The number of benzene rings is 1. The van der Waals surface area contributed by atoms with Crippen molar-refractivity contribution in [3.8, 4) is 5.75 Å². The first-order valence-electron chi connectivity index (χ1n) is 9.92. The van der Waals surface area contributed by atoms with E-state index in [-0.39, 0.29) is 15.6 Å². The van der Waals surface area contributed by atoms with Gasteiger partial charge in [-0.25, -0.2) is 14.6 Å². The summed E-state index contributed by atoms with van der Waals surface area (Å²) >= 11 is 1.71. The summed E-state index contributed by atoms with van der Waals surface area (Å²) in [5, 5.41) is 6.39. The zero-order chi connectivity index (χ0) is 21.1. The van der Waals surface area contributed by atoms with Gasteiger partial charge in [0.2, 0.25) is 0 Å². The zero-order valence-electron chi connectivity index (χ0n) is 17.0. The second kappa shape index (κ2) is 9.02. The smallest absolute Gasteiger partial charge is 0.274 e. The Kier molecular flexibility index (Phi) is 6.20. The summed E-state index contributed by atoms with van der Waals surface area (Å²) in [7, 11) is 1.50. The molecule has 3 aromatic rings. The molecule has 1 fully saturated rings. The Bertz CT molecular complexity index is 1180. The molecule has 7 heteroatoms. The number of amides is 1. The maximum Gasteiger partial charge on any atom is 0.274 e. The van der Waals surface area contributed by atoms with Crippen molar-refractivity contribution in [1.29, 1.82) is 0 Å². The molecule has 1 aliphatic rings. The van der Waals surface area contributed by atoms with Gasteiger partial charge in [-0.1, -0.05) is 17.8 Å². The molecule has 1 N–H and O–H groups in total. The van der Waals surface area contributed by atoms with Gasteiger partial charge in [-0.3, -0.25) is 9.78 Å². The first-order valence-corrected chi connectivity index (χ1v) is 12.4. The molecular weight excluding hydrogens is 414 g/mol. The summed E-state index contributed by atoms with van der Waals surface area (Å²) < 4.78 is 6.56. The van der Waals surface area contributed by atoms with Crippen molar-refractivity contribution in [3.63, 3.8) is 0 Å². The fraction of sp³-hybridized carbons (Fsp3) is 0.304. The van der Waals surface area contributed by atoms with Crippen LogP contribution in [0.1, 0.15) is 47.1 Å². The highest BCUT2D eigenvalue weighted by molar-refractivity contribution is 8.09. The lowest BCUT2D eigenvalue weighted by molar-refractivity contribution is 0.102. The summed E-state index contributed by atoms with van der Waals surface area (Å²) in [5.74, 6) is 9.47. The molecule has 0 atom stereocenters. The van der Waals surface area contributed by atoms with E-state index in [0.29, 0.717) is 29.0 Å². The zero-order valence-corrected chi connectivity index (χ0v) is 18.6. The van der Waals surface area contributed by atoms with Gasteiger partial charge >= 0.3 is 0 Å². The van der Waals surface area contributed by atoms with E-state index in [1.807, 2.05) is 12.1 Å². The number of aromatic nitrogens is 2. The Morgan fingerprint density at radius 1 is 1.27 bits per heavy atom. The minimum absolute atomic E-state index is 0.0976. The Labute approximate surface area is 182 Å². The van der Waals surface area contributed by atoms with E-state index in [1.54, 1.807) is 42.8 Å². The molecule has 1 aliphatic carbocycles. The van der Waals surface area contributed by atoms with Gasteiger partial charge in [-0.2, -0.15) is 0 Å². The Morgan fingerprint density at radius 3 is 2.73 bits per heavy atom. The molecule has 1 saturated carbocycles. The van der Waals surface area contributed by atoms with Crippen LogP contribution in [0.2, 0.25) is 0 Å². The third-order valence-electron chi connectivity index (χ3n) is 5.38. The second-order valence-corrected chi connectivity index (χ2v) is 9.94. The number of hydrogen-bond donors (Lipinski definition) is 1. The number of fused-ring (bicyclic) bond motifs is 1. The Morgan fingerprint density at radius 2 is 2.07 bits per heavy atom. The monoisotopic (exact) mass is 439 g/mol. The van der Waals surface area contributed by atoms with E-state index in [1.165, 1.54) is 17.8 Å². The summed E-state index contributed by atoms with van der Waals surface area (Å²) in [6.07, 6.45) is 6.22. The summed E-state index contributed by atoms with van der Waals surface area (Å²) in [4.78, 5) is 21.5. The average Bonchev–Trinajstić information content (AvgIpc) is 3.16. The van der Waals surface area contributed by atoms with Crippen molar-refractivity contribution >= 4 is 59.9 Å².